The Kier molecular flexibility index (Phi) is 6.87. The average Bonchev–Trinajstić information content (AvgIpc) is 2.93. The highest BCUT2D eigenvalue weighted by Gasteiger charge is 2.34. The number of ether oxygens (including phenoxy) is 1. The molecule has 4 aromatic rings. The second-order valence-electron chi connectivity index (χ2n) is 8.56. The van der Waals surface area contributed by atoms with Crippen molar-refractivity contribution < 1.29 is 19.0 Å². The molecule has 5 rings (SSSR count). The largest absolute Gasteiger partial charge is 0.393 e. The minimum atomic E-state index is -0.782. The Morgan fingerprint density at radius 3 is 2.76 bits per heavy atom. The predicted octanol–water partition coefficient (Wildman–Crippen LogP) is 3.51. The van der Waals surface area contributed by atoms with Crippen molar-refractivity contribution in [1.29, 1.82) is 0 Å². The molecule has 1 fully saturated rings. The number of aliphatic hydroxyl groups is 1. The van der Waals surface area contributed by atoms with Gasteiger partial charge in [0.2, 0.25) is 11.9 Å². The van der Waals surface area contributed by atoms with Gasteiger partial charge in [-0.05, 0) is 48.0 Å². The van der Waals surface area contributed by atoms with E-state index in [0.29, 0.717) is 41.1 Å². The fourth-order valence-electron chi connectivity index (χ4n) is 4.24. The number of fused-ring (bicyclic) bond motifs is 1. The molecule has 1 amide bonds. The standard InChI is InChI=1S/C27H25FN6O3/c1-2-23(36)32-20-9-10-30-22(13-20)24-21(28)8-3-17-14-31-26(34-25(17)24)33-19-6-4-18(5-7-19)27(16-35)15-29-11-12-37-27/h2-10,13-14,29,35H,1,11-12,15-16H2,(H,30,32,36)(H,31,33,34). The summed E-state index contributed by atoms with van der Waals surface area (Å²) in [6.45, 7) is 5.08. The molecule has 1 atom stereocenters. The van der Waals surface area contributed by atoms with Crippen LogP contribution >= 0.6 is 0 Å². The first-order valence-corrected chi connectivity index (χ1v) is 11.7. The molecule has 0 aliphatic carbocycles. The average molecular weight is 501 g/mol. The molecule has 1 aliphatic rings. The van der Waals surface area contributed by atoms with E-state index in [1.165, 1.54) is 12.3 Å². The number of pyridine rings is 1. The molecule has 2 aromatic heterocycles. The van der Waals surface area contributed by atoms with E-state index in [4.69, 9.17) is 4.74 Å². The summed E-state index contributed by atoms with van der Waals surface area (Å²) in [4.78, 5) is 24.9. The molecule has 0 saturated carbocycles. The second-order valence-corrected chi connectivity index (χ2v) is 8.56. The highest BCUT2D eigenvalue weighted by molar-refractivity contribution is 6.00. The highest BCUT2D eigenvalue weighted by atomic mass is 19.1. The van der Waals surface area contributed by atoms with E-state index in [2.05, 4.69) is 37.5 Å². The predicted molar refractivity (Wildman–Crippen MR) is 139 cm³/mol. The van der Waals surface area contributed by atoms with Crippen LogP contribution in [0.1, 0.15) is 5.56 Å². The lowest BCUT2D eigenvalue weighted by atomic mass is 9.93. The van der Waals surface area contributed by atoms with Gasteiger partial charge in [0, 0.05) is 42.2 Å². The van der Waals surface area contributed by atoms with Crippen LogP contribution in [0.5, 0.6) is 0 Å². The van der Waals surface area contributed by atoms with E-state index < -0.39 is 11.4 Å². The summed E-state index contributed by atoms with van der Waals surface area (Å²) < 4.78 is 20.9. The lowest BCUT2D eigenvalue weighted by Crippen LogP contribution is -2.49. The van der Waals surface area contributed by atoms with Gasteiger partial charge in [0.1, 0.15) is 11.4 Å². The second kappa shape index (κ2) is 10.4. The number of aromatic nitrogens is 3. The van der Waals surface area contributed by atoms with E-state index in [1.54, 1.807) is 24.4 Å². The Labute approximate surface area is 212 Å². The maximum absolute atomic E-state index is 15.1. The monoisotopic (exact) mass is 500 g/mol. The van der Waals surface area contributed by atoms with E-state index in [1.807, 2.05) is 24.3 Å². The molecular weight excluding hydrogens is 475 g/mol. The minimum absolute atomic E-state index is 0.137. The SMILES string of the molecule is C=CC(=O)Nc1ccnc(-c2c(F)ccc3cnc(Nc4ccc(C5(CO)CNCCO5)cc4)nc23)c1. The zero-order chi connectivity index (χ0) is 25.8. The molecule has 0 bridgehead atoms. The van der Waals surface area contributed by atoms with Crippen LogP contribution in [0, 0.1) is 5.82 Å². The van der Waals surface area contributed by atoms with Gasteiger partial charge in [-0.25, -0.2) is 14.4 Å². The number of benzene rings is 2. The van der Waals surface area contributed by atoms with Gasteiger partial charge in [0.15, 0.2) is 0 Å². The van der Waals surface area contributed by atoms with Crippen LogP contribution in [0.15, 0.2) is 73.6 Å². The Hall–Kier alpha value is -4.25. The van der Waals surface area contributed by atoms with Crippen molar-refractivity contribution in [1.82, 2.24) is 20.3 Å². The molecule has 4 N–H and O–H groups in total. The van der Waals surface area contributed by atoms with Crippen molar-refractivity contribution in [3.63, 3.8) is 0 Å². The Morgan fingerprint density at radius 2 is 2.03 bits per heavy atom. The van der Waals surface area contributed by atoms with Gasteiger partial charge in [-0.3, -0.25) is 9.78 Å². The van der Waals surface area contributed by atoms with Gasteiger partial charge in [-0.1, -0.05) is 18.7 Å². The van der Waals surface area contributed by atoms with Crippen molar-refractivity contribution in [2.45, 2.75) is 5.60 Å². The number of morpholine rings is 1. The van der Waals surface area contributed by atoms with Crippen LogP contribution in [0.4, 0.5) is 21.7 Å². The number of rotatable bonds is 7. The van der Waals surface area contributed by atoms with Gasteiger partial charge >= 0.3 is 0 Å². The number of anilines is 3. The van der Waals surface area contributed by atoms with Crippen LogP contribution in [-0.4, -0.2) is 52.3 Å². The number of carbonyl (C=O) groups is 1. The molecule has 10 heteroatoms. The van der Waals surface area contributed by atoms with Crippen molar-refractivity contribution in [2.24, 2.45) is 0 Å². The number of hydrogen-bond acceptors (Lipinski definition) is 8. The molecular formula is C27H25FN6O3. The van der Waals surface area contributed by atoms with Gasteiger partial charge in [0.25, 0.3) is 0 Å². The van der Waals surface area contributed by atoms with E-state index in [0.717, 1.165) is 18.2 Å². The number of carbonyl (C=O) groups excluding carboxylic acids is 1. The zero-order valence-corrected chi connectivity index (χ0v) is 19.9. The van der Waals surface area contributed by atoms with Crippen molar-refractivity contribution >= 4 is 34.1 Å². The maximum atomic E-state index is 15.1. The number of nitrogens with zero attached hydrogens (tertiary/aromatic N) is 3. The fourth-order valence-corrected chi connectivity index (χ4v) is 4.24. The molecule has 0 radical (unpaired) electrons. The third-order valence-electron chi connectivity index (χ3n) is 6.16. The number of nitrogens with one attached hydrogen (secondary N) is 3. The number of amides is 1. The summed E-state index contributed by atoms with van der Waals surface area (Å²) in [6.07, 6.45) is 4.24. The van der Waals surface area contributed by atoms with E-state index in [9.17, 15) is 9.90 Å². The van der Waals surface area contributed by atoms with Crippen LogP contribution < -0.4 is 16.0 Å². The molecule has 37 heavy (non-hydrogen) atoms. The molecule has 1 unspecified atom stereocenters. The van der Waals surface area contributed by atoms with Gasteiger partial charge in [-0.15, -0.1) is 0 Å². The molecule has 2 aromatic carbocycles. The molecule has 188 valence electrons. The summed E-state index contributed by atoms with van der Waals surface area (Å²) >= 11 is 0. The normalized spacial score (nSPS) is 17.4. The third-order valence-corrected chi connectivity index (χ3v) is 6.16. The smallest absolute Gasteiger partial charge is 0.247 e. The molecule has 0 spiro atoms. The summed E-state index contributed by atoms with van der Waals surface area (Å²) in [7, 11) is 0. The summed E-state index contributed by atoms with van der Waals surface area (Å²) in [5.41, 5.74) is 2.12. The van der Waals surface area contributed by atoms with Crippen molar-refractivity contribution in [3.05, 3.63) is 85.0 Å². The number of halogens is 1. The Balaban J connectivity index is 1.46. The summed E-state index contributed by atoms with van der Waals surface area (Å²) in [5.74, 6) is -0.612. The van der Waals surface area contributed by atoms with Crippen molar-refractivity contribution in [3.8, 4) is 11.3 Å². The summed E-state index contributed by atoms with van der Waals surface area (Å²) in [5, 5.41) is 19.6. The number of aliphatic hydroxyl groups excluding tert-OH is 1. The van der Waals surface area contributed by atoms with Crippen LogP contribution in [0.25, 0.3) is 22.2 Å². The molecule has 1 aliphatic heterocycles. The molecule has 3 heterocycles. The van der Waals surface area contributed by atoms with E-state index in [-0.39, 0.29) is 24.0 Å². The lowest BCUT2D eigenvalue weighted by Gasteiger charge is -2.36. The van der Waals surface area contributed by atoms with Crippen molar-refractivity contribution in [2.75, 3.05) is 36.9 Å². The third kappa shape index (κ3) is 5.03. The van der Waals surface area contributed by atoms with Crippen LogP contribution in [-0.2, 0) is 15.1 Å². The Bertz CT molecular complexity index is 1450. The van der Waals surface area contributed by atoms with Crippen LogP contribution in [0.3, 0.4) is 0 Å². The maximum Gasteiger partial charge on any atom is 0.247 e. The van der Waals surface area contributed by atoms with Gasteiger partial charge in [0.05, 0.1) is 30.0 Å². The van der Waals surface area contributed by atoms with Crippen LogP contribution in [0.2, 0.25) is 0 Å². The van der Waals surface area contributed by atoms with E-state index >= 15 is 4.39 Å². The fraction of sp³-hybridized carbons (Fsp3) is 0.185. The first-order valence-electron chi connectivity index (χ1n) is 11.7. The topological polar surface area (TPSA) is 121 Å². The zero-order valence-electron chi connectivity index (χ0n) is 19.9. The minimum Gasteiger partial charge on any atom is -0.393 e. The Morgan fingerprint density at radius 1 is 1.19 bits per heavy atom. The highest BCUT2D eigenvalue weighted by Crippen LogP contribution is 2.32. The van der Waals surface area contributed by atoms with Gasteiger partial charge < -0.3 is 25.8 Å². The molecule has 9 nitrogen and oxygen atoms in total. The molecule has 1 saturated heterocycles. The lowest BCUT2D eigenvalue weighted by molar-refractivity contribution is -0.111. The van der Waals surface area contributed by atoms with Gasteiger partial charge in [-0.2, -0.15) is 0 Å². The first-order chi connectivity index (χ1) is 18.0. The number of hydrogen-bond donors (Lipinski definition) is 4. The first kappa shape index (κ1) is 24.4. The quantitative estimate of drug-likeness (QED) is 0.285. The summed E-state index contributed by atoms with van der Waals surface area (Å²) in [6, 6.07) is 13.6.